The van der Waals surface area contributed by atoms with E-state index in [0.29, 0.717) is 25.0 Å². The van der Waals surface area contributed by atoms with Crippen LogP contribution >= 0.6 is 0 Å². The second kappa shape index (κ2) is 12.0. The number of ether oxygens (including phenoxy) is 1. The van der Waals surface area contributed by atoms with Gasteiger partial charge in [-0.15, -0.1) is 0 Å². The van der Waals surface area contributed by atoms with Gasteiger partial charge < -0.3 is 25.4 Å². The molecule has 0 saturated carbocycles. The van der Waals surface area contributed by atoms with Crippen LogP contribution in [0.4, 0.5) is 0 Å². The smallest absolute Gasteiger partial charge is 0.191 e. The summed E-state index contributed by atoms with van der Waals surface area (Å²) in [4.78, 5) is 9.63. The summed E-state index contributed by atoms with van der Waals surface area (Å²) in [6.45, 7) is 11.2. The Hall–Kier alpha value is -1.67. The van der Waals surface area contributed by atoms with Crippen molar-refractivity contribution in [2.45, 2.75) is 51.3 Å². The van der Waals surface area contributed by atoms with Gasteiger partial charge in [-0.05, 0) is 49.7 Å². The molecule has 0 aliphatic carbocycles. The molecule has 3 aliphatic heterocycles. The molecule has 0 spiro atoms. The van der Waals surface area contributed by atoms with E-state index in [1.165, 1.54) is 24.1 Å². The van der Waals surface area contributed by atoms with Gasteiger partial charge in [-0.1, -0.05) is 24.3 Å². The Morgan fingerprint density at radius 2 is 1.97 bits per heavy atom. The molecule has 4 rings (SSSR count). The summed E-state index contributed by atoms with van der Waals surface area (Å²) in [7, 11) is 0. The van der Waals surface area contributed by atoms with Crippen molar-refractivity contribution in [3.8, 4) is 0 Å². The van der Waals surface area contributed by atoms with Gasteiger partial charge in [0.1, 0.15) is 0 Å². The standard InChI is InChI=1S/C25H41N5O2/c1-2-26-25(28-23-8-12-29(13-9-23)16-20-10-14-32-19-20)27-15-24(31)18-30-11-7-21-5-3-4-6-22(21)17-30/h3-6,20,23-24,31H,2,7-19H2,1H3,(H2,26,27,28). The zero-order valence-electron chi connectivity index (χ0n) is 19.6. The molecular formula is C25H41N5O2. The molecule has 1 aromatic rings. The first-order valence-electron chi connectivity index (χ1n) is 12.5. The third-order valence-corrected chi connectivity index (χ3v) is 6.95. The van der Waals surface area contributed by atoms with Gasteiger partial charge in [-0.3, -0.25) is 9.89 Å². The maximum Gasteiger partial charge on any atom is 0.191 e. The van der Waals surface area contributed by atoms with Gasteiger partial charge in [-0.25, -0.2) is 0 Å². The van der Waals surface area contributed by atoms with E-state index in [-0.39, 0.29) is 0 Å². The second-order valence-electron chi connectivity index (χ2n) is 9.58. The SMILES string of the molecule is CCNC(=NCC(O)CN1CCc2ccccc2C1)NC1CCN(CC2CCOC2)CC1. The van der Waals surface area contributed by atoms with Crippen LogP contribution in [0.1, 0.15) is 37.3 Å². The molecule has 3 N–H and O–H groups in total. The predicted octanol–water partition coefficient (Wildman–Crippen LogP) is 1.46. The largest absolute Gasteiger partial charge is 0.390 e. The molecule has 0 aromatic heterocycles. The summed E-state index contributed by atoms with van der Waals surface area (Å²) in [6, 6.07) is 9.08. The molecule has 3 heterocycles. The lowest BCUT2D eigenvalue weighted by atomic mass is 10.00. The number of guanidine groups is 1. The number of rotatable bonds is 8. The Kier molecular flexibility index (Phi) is 8.79. The average Bonchev–Trinajstić information content (AvgIpc) is 3.32. The molecule has 0 amide bonds. The van der Waals surface area contributed by atoms with Crippen LogP contribution < -0.4 is 10.6 Å². The Morgan fingerprint density at radius 1 is 1.16 bits per heavy atom. The minimum absolute atomic E-state index is 0.425. The lowest BCUT2D eigenvalue weighted by molar-refractivity contribution is 0.111. The molecular weight excluding hydrogens is 402 g/mol. The van der Waals surface area contributed by atoms with E-state index in [1.54, 1.807) is 0 Å². The van der Waals surface area contributed by atoms with Crippen LogP contribution in [-0.4, -0.2) is 92.0 Å². The molecule has 32 heavy (non-hydrogen) atoms. The van der Waals surface area contributed by atoms with Crippen LogP contribution in [0.25, 0.3) is 0 Å². The number of nitrogens with zero attached hydrogens (tertiary/aromatic N) is 3. The fourth-order valence-electron chi connectivity index (χ4n) is 5.13. The highest BCUT2D eigenvalue weighted by Gasteiger charge is 2.24. The summed E-state index contributed by atoms with van der Waals surface area (Å²) < 4.78 is 5.52. The van der Waals surface area contributed by atoms with Crippen molar-refractivity contribution in [3.05, 3.63) is 35.4 Å². The average molecular weight is 444 g/mol. The maximum atomic E-state index is 10.6. The van der Waals surface area contributed by atoms with Gasteiger partial charge in [0, 0.05) is 58.5 Å². The van der Waals surface area contributed by atoms with Crippen molar-refractivity contribution < 1.29 is 9.84 Å². The summed E-state index contributed by atoms with van der Waals surface area (Å²) in [5, 5.41) is 17.6. The Morgan fingerprint density at radius 3 is 2.72 bits per heavy atom. The number of benzene rings is 1. The summed E-state index contributed by atoms with van der Waals surface area (Å²) in [5.74, 6) is 1.55. The first-order chi connectivity index (χ1) is 15.7. The fraction of sp³-hybridized carbons (Fsp3) is 0.720. The molecule has 2 atom stereocenters. The highest BCUT2D eigenvalue weighted by atomic mass is 16.5. The van der Waals surface area contributed by atoms with E-state index in [4.69, 9.17) is 9.73 Å². The van der Waals surface area contributed by atoms with Crippen LogP contribution in [0.3, 0.4) is 0 Å². The van der Waals surface area contributed by atoms with Crippen LogP contribution in [0, 0.1) is 5.92 Å². The van der Waals surface area contributed by atoms with Gasteiger partial charge in [-0.2, -0.15) is 0 Å². The second-order valence-corrected chi connectivity index (χ2v) is 9.58. The molecule has 0 radical (unpaired) electrons. The molecule has 7 heteroatoms. The van der Waals surface area contributed by atoms with E-state index in [2.05, 4.69) is 51.6 Å². The Balaban J connectivity index is 1.20. The first kappa shape index (κ1) is 23.5. The van der Waals surface area contributed by atoms with Crippen molar-refractivity contribution >= 4 is 5.96 Å². The van der Waals surface area contributed by atoms with Crippen molar-refractivity contribution in [2.75, 3.05) is 59.0 Å². The first-order valence-corrected chi connectivity index (χ1v) is 12.5. The Labute approximate surface area is 193 Å². The molecule has 0 bridgehead atoms. The normalized spacial score (nSPS) is 24.3. The number of hydrogen-bond donors (Lipinski definition) is 3. The number of hydrogen-bond acceptors (Lipinski definition) is 5. The van der Waals surface area contributed by atoms with Crippen LogP contribution in [-0.2, 0) is 17.7 Å². The minimum atomic E-state index is -0.453. The van der Waals surface area contributed by atoms with Gasteiger partial charge >= 0.3 is 0 Å². The molecule has 2 fully saturated rings. The monoisotopic (exact) mass is 443 g/mol. The molecule has 3 aliphatic rings. The van der Waals surface area contributed by atoms with Crippen LogP contribution in [0.15, 0.2) is 29.3 Å². The van der Waals surface area contributed by atoms with Crippen LogP contribution in [0.2, 0.25) is 0 Å². The number of nitrogens with one attached hydrogen (secondary N) is 2. The molecule has 1 aromatic carbocycles. The minimum Gasteiger partial charge on any atom is -0.390 e. The number of β-amino-alcohol motifs (C(OH)–C–C–N with tert-alkyl or cyclic N) is 1. The summed E-state index contributed by atoms with van der Waals surface area (Å²) >= 11 is 0. The zero-order chi connectivity index (χ0) is 22.2. The topological polar surface area (TPSA) is 72.4 Å². The van der Waals surface area contributed by atoms with Crippen molar-refractivity contribution in [2.24, 2.45) is 10.9 Å². The lowest BCUT2D eigenvalue weighted by Crippen LogP contribution is -2.49. The predicted molar refractivity (Wildman–Crippen MR) is 129 cm³/mol. The summed E-state index contributed by atoms with van der Waals surface area (Å²) in [6.07, 6.45) is 4.08. The number of likely N-dealkylation sites (tertiary alicyclic amines) is 1. The van der Waals surface area contributed by atoms with Gasteiger partial charge in [0.2, 0.25) is 0 Å². The van der Waals surface area contributed by atoms with E-state index in [0.717, 1.165) is 71.2 Å². The number of aliphatic imine (C=N–C) groups is 1. The highest BCUT2D eigenvalue weighted by molar-refractivity contribution is 5.80. The third-order valence-electron chi connectivity index (χ3n) is 6.95. The number of aliphatic hydroxyl groups is 1. The van der Waals surface area contributed by atoms with Crippen molar-refractivity contribution in [3.63, 3.8) is 0 Å². The molecule has 2 unspecified atom stereocenters. The number of piperidine rings is 1. The molecule has 178 valence electrons. The van der Waals surface area contributed by atoms with E-state index < -0.39 is 6.10 Å². The van der Waals surface area contributed by atoms with E-state index in [1.807, 2.05) is 0 Å². The molecule has 2 saturated heterocycles. The van der Waals surface area contributed by atoms with Gasteiger partial charge in [0.25, 0.3) is 0 Å². The quantitative estimate of drug-likeness (QED) is 0.417. The highest BCUT2D eigenvalue weighted by Crippen LogP contribution is 2.19. The third kappa shape index (κ3) is 6.91. The maximum absolute atomic E-state index is 10.6. The van der Waals surface area contributed by atoms with E-state index >= 15 is 0 Å². The van der Waals surface area contributed by atoms with Crippen LogP contribution in [0.5, 0.6) is 0 Å². The summed E-state index contributed by atoms with van der Waals surface area (Å²) in [5.41, 5.74) is 2.83. The fourth-order valence-corrected chi connectivity index (χ4v) is 5.13. The zero-order valence-corrected chi connectivity index (χ0v) is 19.6. The van der Waals surface area contributed by atoms with Gasteiger partial charge in [0.05, 0.1) is 19.3 Å². The number of aliphatic hydroxyl groups excluding tert-OH is 1. The molecule has 7 nitrogen and oxygen atoms in total. The van der Waals surface area contributed by atoms with E-state index in [9.17, 15) is 5.11 Å². The lowest BCUT2D eigenvalue weighted by Gasteiger charge is -2.34. The number of fused-ring (bicyclic) bond motifs is 1. The van der Waals surface area contributed by atoms with Crippen molar-refractivity contribution in [1.82, 2.24) is 20.4 Å². The van der Waals surface area contributed by atoms with Gasteiger partial charge in [0.15, 0.2) is 5.96 Å². The Bertz CT molecular complexity index is 729. The van der Waals surface area contributed by atoms with Crippen molar-refractivity contribution in [1.29, 1.82) is 0 Å².